The maximum absolute atomic E-state index is 11.8. The third-order valence-corrected chi connectivity index (χ3v) is 3.03. The zero-order valence-corrected chi connectivity index (χ0v) is 9.91. The Labute approximate surface area is 100 Å². The molecule has 1 aromatic heterocycles. The summed E-state index contributed by atoms with van der Waals surface area (Å²) in [6.45, 7) is 1.27. The summed E-state index contributed by atoms with van der Waals surface area (Å²) in [5.41, 5.74) is 0.899. The lowest BCUT2D eigenvalue weighted by Crippen LogP contribution is -2.39. The molecule has 2 rings (SSSR count). The number of carbonyl (C=O) groups is 1. The van der Waals surface area contributed by atoms with Crippen LogP contribution in [0.4, 0.5) is 0 Å². The Kier molecular flexibility index (Phi) is 3.58. The van der Waals surface area contributed by atoms with Crippen LogP contribution < -0.4 is 0 Å². The summed E-state index contributed by atoms with van der Waals surface area (Å²) in [6, 6.07) is 1.85. The predicted octanol–water partition coefficient (Wildman–Crippen LogP) is 0.417. The van der Waals surface area contributed by atoms with Crippen LogP contribution in [0.3, 0.4) is 0 Å². The van der Waals surface area contributed by atoms with Crippen LogP contribution in [0.5, 0.6) is 0 Å². The zero-order chi connectivity index (χ0) is 12.3. The first kappa shape index (κ1) is 11.9. The molecule has 0 aliphatic carbocycles. The Morgan fingerprint density at radius 3 is 2.82 bits per heavy atom. The van der Waals surface area contributed by atoms with E-state index >= 15 is 0 Å². The van der Waals surface area contributed by atoms with E-state index in [2.05, 4.69) is 5.10 Å². The number of aliphatic hydroxyl groups excluding tert-OH is 1. The number of hydrogen-bond acceptors (Lipinski definition) is 3. The van der Waals surface area contributed by atoms with Gasteiger partial charge in [-0.2, -0.15) is 5.10 Å². The van der Waals surface area contributed by atoms with Crippen molar-refractivity contribution in [2.24, 2.45) is 7.05 Å². The maximum atomic E-state index is 11.8. The van der Waals surface area contributed by atoms with Gasteiger partial charge in [0.2, 0.25) is 5.91 Å². The number of piperidine rings is 1. The van der Waals surface area contributed by atoms with Crippen LogP contribution in [-0.2, 0) is 11.8 Å². The van der Waals surface area contributed by atoms with Crippen molar-refractivity contribution in [3.8, 4) is 0 Å². The number of likely N-dealkylation sites (tertiary alicyclic amines) is 1. The lowest BCUT2D eigenvalue weighted by Gasteiger charge is -2.28. The molecule has 1 aliphatic rings. The maximum Gasteiger partial charge on any atom is 0.246 e. The van der Waals surface area contributed by atoms with E-state index in [4.69, 9.17) is 0 Å². The standard InChI is InChI=1S/C12H17N3O2/c1-14-10(4-7-13-14)2-3-12(17)15-8-5-11(16)6-9-15/h2-4,7,11,16H,5-6,8-9H2,1H3/b3-2+. The third-order valence-electron chi connectivity index (χ3n) is 3.03. The van der Waals surface area contributed by atoms with Gasteiger partial charge in [-0.25, -0.2) is 0 Å². The molecule has 2 heterocycles. The van der Waals surface area contributed by atoms with Gasteiger partial charge in [-0.05, 0) is 25.0 Å². The van der Waals surface area contributed by atoms with E-state index < -0.39 is 0 Å². The van der Waals surface area contributed by atoms with E-state index in [1.54, 1.807) is 27.9 Å². The monoisotopic (exact) mass is 235 g/mol. The normalized spacial score (nSPS) is 17.9. The second-order valence-electron chi connectivity index (χ2n) is 4.27. The fraction of sp³-hybridized carbons (Fsp3) is 0.500. The third kappa shape index (κ3) is 2.94. The molecule has 1 N–H and O–H groups in total. The fourth-order valence-corrected chi connectivity index (χ4v) is 1.90. The van der Waals surface area contributed by atoms with Gasteiger partial charge in [0, 0.05) is 32.4 Å². The van der Waals surface area contributed by atoms with Gasteiger partial charge < -0.3 is 10.0 Å². The van der Waals surface area contributed by atoms with Crippen molar-refractivity contribution in [2.75, 3.05) is 13.1 Å². The first-order valence-electron chi connectivity index (χ1n) is 5.80. The molecular formula is C12H17N3O2. The van der Waals surface area contributed by atoms with Crippen LogP contribution >= 0.6 is 0 Å². The van der Waals surface area contributed by atoms with Crippen molar-refractivity contribution in [3.63, 3.8) is 0 Å². The summed E-state index contributed by atoms with van der Waals surface area (Å²) in [5.74, 6) is -0.00176. The number of aliphatic hydroxyl groups is 1. The Hall–Kier alpha value is -1.62. The minimum absolute atomic E-state index is 0.00176. The summed E-state index contributed by atoms with van der Waals surface area (Å²) in [6.07, 6.45) is 6.12. The van der Waals surface area contributed by atoms with E-state index in [1.165, 1.54) is 0 Å². The number of nitrogens with zero attached hydrogens (tertiary/aromatic N) is 3. The molecule has 0 saturated carbocycles. The highest BCUT2D eigenvalue weighted by Crippen LogP contribution is 2.10. The zero-order valence-electron chi connectivity index (χ0n) is 9.91. The lowest BCUT2D eigenvalue weighted by molar-refractivity contribution is -0.127. The number of amides is 1. The molecule has 5 nitrogen and oxygen atoms in total. The van der Waals surface area contributed by atoms with Crippen molar-refractivity contribution < 1.29 is 9.90 Å². The molecule has 5 heteroatoms. The Morgan fingerprint density at radius 2 is 2.24 bits per heavy atom. The lowest BCUT2D eigenvalue weighted by atomic mass is 10.1. The highest BCUT2D eigenvalue weighted by molar-refractivity contribution is 5.91. The average Bonchev–Trinajstić information content (AvgIpc) is 2.73. The molecule has 0 atom stereocenters. The minimum Gasteiger partial charge on any atom is -0.393 e. The first-order chi connectivity index (χ1) is 8.16. The molecule has 0 spiro atoms. The highest BCUT2D eigenvalue weighted by atomic mass is 16.3. The van der Waals surface area contributed by atoms with E-state index in [-0.39, 0.29) is 12.0 Å². The Morgan fingerprint density at radius 1 is 1.53 bits per heavy atom. The summed E-state index contributed by atoms with van der Waals surface area (Å²) in [4.78, 5) is 13.6. The van der Waals surface area contributed by atoms with Gasteiger partial charge in [-0.15, -0.1) is 0 Å². The van der Waals surface area contributed by atoms with Gasteiger partial charge in [0.15, 0.2) is 0 Å². The number of hydrogen-bond donors (Lipinski definition) is 1. The van der Waals surface area contributed by atoms with Gasteiger partial charge in [0.25, 0.3) is 0 Å². The van der Waals surface area contributed by atoms with Gasteiger partial charge >= 0.3 is 0 Å². The number of aryl methyl sites for hydroxylation is 1. The second kappa shape index (κ2) is 5.14. The van der Waals surface area contributed by atoms with Gasteiger partial charge in [-0.3, -0.25) is 9.48 Å². The summed E-state index contributed by atoms with van der Waals surface area (Å²) in [5, 5.41) is 13.4. The Balaban J connectivity index is 1.93. The molecule has 0 radical (unpaired) electrons. The molecule has 0 bridgehead atoms. The van der Waals surface area contributed by atoms with Gasteiger partial charge in [0.1, 0.15) is 0 Å². The van der Waals surface area contributed by atoms with Gasteiger partial charge in [0.05, 0.1) is 11.8 Å². The van der Waals surface area contributed by atoms with Crippen molar-refractivity contribution in [3.05, 3.63) is 24.0 Å². The number of carbonyl (C=O) groups excluding carboxylic acids is 1. The number of aromatic nitrogens is 2. The van der Waals surface area contributed by atoms with E-state index in [1.807, 2.05) is 13.1 Å². The second-order valence-corrected chi connectivity index (χ2v) is 4.27. The number of rotatable bonds is 2. The molecule has 0 aromatic carbocycles. The molecule has 17 heavy (non-hydrogen) atoms. The molecule has 1 aliphatic heterocycles. The molecule has 92 valence electrons. The fourth-order valence-electron chi connectivity index (χ4n) is 1.90. The van der Waals surface area contributed by atoms with Crippen molar-refractivity contribution in [2.45, 2.75) is 18.9 Å². The van der Waals surface area contributed by atoms with Crippen molar-refractivity contribution in [1.82, 2.24) is 14.7 Å². The SMILES string of the molecule is Cn1nccc1/C=C/C(=O)N1CCC(O)CC1. The van der Waals surface area contributed by atoms with E-state index in [0.29, 0.717) is 25.9 Å². The van der Waals surface area contributed by atoms with Crippen molar-refractivity contribution in [1.29, 1.82) is 0 Å². The predicted molar refractivity (Wildman–Crippen MR) is 64.1 cm³/mol. The van der Waals surface area contributed by atoms with Crippen LogP contribution in [0, 0.1) is 0 Å². The van der Waals surface area contributed by atoms with Crippen LogP contribution in [0.1, 0.15) is 18.5 Å². The minimum atomic E-state index is -0.250. The van der Waals surface area contributed by atoms with Crippen molar-refractivity contribution >= 4 is 12.0 Å². The molecule has 1 aromatic rings. The average molecular weight is 235 g/mol. The van der Waals surface area contributed by atoms with Crippen LogP contribution in [0.15, 0.2) is 18.3 Å². The van der Waals surface area contributed by atoms with E-state index in [0.717, 1.165) is 5.69 Å². The van der Waals surface area contributed by atoms with E-state index in [9.17, 15) is 9.90 Å². The molecular weight excluding hydrogens is 218 g/mol. The summed E-state index contributed by atoms with van der Waals surface area (Å²) in [7, 11) is 1.83. The smallest absolute Gasteiger partial charge is 0.246 e. The van der Waals surface area contributed by atoms with Crippen LogP contribution in [-0.4, -0.2) is 44.9 Å². The first-order valence-corrected chi connectivity index (χ1v) is 5.80. The van der Waals surface area contributed by atoms with Gasteiger partial charge in [-0.1, -0.05) is 0 Å². The molecule has 1 saturated heterocycles. The molecule has 1 amide bonds. The van der Waals surface area contributed by atoms with Crippen LogP contribution in [0.25, 0.3) is 6.08 Å². The topological polar surface area (TPSA) is 58.4 Å². The molecule has 1 fully saturated rings. The summed E-state index contributed by atoms with van der Waals surface area (Å²) < 4.78 is 1.71. The quantitative estimate of drug-likeness (QED) is 0.756. The largest absolute Gasteiger partial charge is 0.393 e. The highest BCUT2D eigenvalue weighted by Gasteiger charge is 2.19. The summed E-state index contributed by atoms with van der Waals surface area (Å²) >= 11 is 0. The molecule has 0 unspecified atom stereocenters. The Bertz CT molecular complexity index is 417. The van der Waals surface area contributed by atoms with Crippen LogP contribution in [0.2, 0.25) is 0 Å².